The molecule has 0 spiro atoms. The van der Waals surface area contributed by atoms with Crippen LogP contribution >= 0.6 is 0 Å². The van der Waals surface area contributed by atoms with E-state index in [9.17, 15) is 4.79 Å². The Bertz CT molecular complexity index is 636. The maximum absolute atomic E-state index is 10.8. The molecule has 0 bridgehead atoms. The molecule has 2 aromatic rings. The first-order valence-corrected chi connectivity index (χ1v) is 7.09. The number of hydrogen-bond donors (Lipinski definition) is 1. The molecule has 3 heterocycles. The number of anilines is 1. The van der Waals surface area contributed by atoms with Crippen molar-refractivity contribution < 1.29 is 14.3 Å². The van der Waals surface area contributed by atoms with Gasteiger partial charge in [-0.1, -0.05) is 6.92 Å². The Morgan fingerprint density at radius 2 is 2.29 bits per heavy atom. The first-order valence-electron chi connectivity index (χ1n) is 7.09. The molecule has 0 aliphatic carbocycles. The number of rotatable bonds is 4. The van der Waals surface area contributed by atoms with Gasteiger partial charge in [0.2, 0.25) is 0 Å². The Morgan fingerprint density at radius 1 is 1.43 bits per heavy atom. The van der Waals surface area contributed by atoms with E-state index in [-0.39, 0.29) is 11.7 Å². The third-order valence-electron chi connectivity index (χ3n) is 3.76. The van der Waals surface area contributed by atoms with Crippen molar-refractivity contribution >= 4 is 11.8 Å². The number of carbonyl (C=O) groups is 1. The SMILES string of the molecule is CCc1ccc(C2CCCN2c2cnc(C(=O)O)cn2)o1. The standard InChI is InChI=1S/C15H17N3O3/c1-2-10-5-6-13(21-10)12-4-3-7-18(12)14-9-16-11(8-17-14)15(19)20/h5-6,8-9,12H,2-4,7H2,1H3,(H,19,20). The average molecular weight is 287 g/mol. The summed E-state index contributed by atoms with van der Waals surface area (Å²) in [6.45, 7) is 2.93. The van der Waals surface area contributed by atoms with Crippen LogP contribution in [0.3, 0.4) is 0 Å². The van der Waals surface area contributed by atoms with Crippen molar-refractivity contribution in [2.45, 2.75) is 32.2 Å². The Kier molecular flexibility index (Phi) is 3.60. The zero-order valence-corrected chi connectivity index (χ0v) is 11.8. The second-order valence-electron chi connectivity index (χ2n) is 5.07. The van der Waals surface area contributed by atoms with E-state index < -0.39 is 5.97 Å². The number of nitrogens with zero attached hydrogens (tertiary/aromatic N) is 3. The lowest BCUT2D eigenvalue weighted by atomic mass is 10.1. The zero-order valence-electron chi connectivity index (χ0n) is 11.8. The molecule has 1 saturated heterocycles. The molecule has 6 heteroatoms. The van der Waals surface area contributed by atoms with Crippen LogP contribution in [-0.4, -0.2) is 27.6 Å². The number of aromatic nitrogens is 2. The summed E-state index contributed by atoms with van der Waals surface area (Å²) in [5, 5.41) is 8.87. The van der Waals surface area contributed by atoms with Crippen LogP contribution in [-0.2, 0) is 6.42 Å². The summed E-state index contributed by atoms with van der Waals surface area (Å²) < 4.78 is 5.85. The van der Waals surface area contributed by atoms with Crippen molar-refractivity contribution in [3.8, 4) is 0 Å². The number of aromatic carboxylic acids is 1. The van der Waals surface area contributed by atoms with Crippen LogP contribution in [0.25, 0.3) is 0 Å². The van der Waals surface area contributed by atoms with Gasteiger partial charge in [-0.3, -0.25) is 0 Å². The molecule has 0 amide bonds. The van der Waals surface area contributed by atoms with E-state index in [2.05, 4.69) is 21.8 Å². The minimum atomic E-state index is -1.06. The largest absolute Gasteiger partial charge is 0.476 e. The Labute approximate surface area is 122 Å². The third-order valence-corrected chi connectivity index (χ3v) is 3.76. The fourth-order valence-electron chi connectivity index (χ4n) is 2.68. The molecular formula is C15H17N3O3. The number of furan rings is 1. The van der Waals surface area contributed by atoms with Crippen LogP contribution in [0.5, 0.6) is 0 Å². The Balaban J connectivity index is 1.84. The highest BCUT2D eigenvalue weighted by Gasteiger charge is 2.29. The first-order chi connectivity index (χ1) is 10.2. The lowest BCUT2D eigenvalue weighted by molar-refractivity contribution is 0.0690. The summed E-state index contributed by atoms with van der Waals surface area (Å²) in [5.41, 5.74) is -0.0410. The van der Waals surface area contributed by atoms with Crippen molar-refractivity contribution in [1.29, 1.82) is 0 Å². The first kappa shape index (κ1) is 13.6. The molecule has 1 aliphatic rings. The van der Waals surface area contributed by atoms with E-state index in [1.54, 1.807) is 0 Å². The highest BCUT2D eigenvalue weighted by Crippen LogP contribution is 2.35. The summed E-state index contributed by atoms with van der Waals surface area (Å²) in [7, 11) is 0. The van der Waals surface area contributed by atoms with Crippen molar-refractivity contribution in [1.82, 2.24) is 9.97 Å². The highest BCUT2D eigenvalue weighted by molar-refractivity contribution is 5.84. The molecule has 1 unspecified atom stereocenters. The predicted molar refractivity (Wildman–Crippen MR) is 76.4 cm³/mol. The molecule has 1 aliphatic heterocycles. The molecule has 110 valence electrons. The van der Waals surface area contributed by atoms with Gasteiger partial charge in [-0.2, -0.15) is 0 Å². The highest BCUT2D eigenvalue weighted by atomic mass is 16.4. The van der Waals surface area contributed by atoms with Crippen molar-refractivity contribution in [3.63, 3.8) is 0 Å². The van der Waals surface area contributed by atoms with Crippen molar-refractivity contribution in [3.05, 3.63) is 41.7 Å². The summed E-state index contributed by atoms with van der Waals surface area (Å²) in [6, 6.07) is 4.17. The molecule has 1 N–H and O–H groups in total. The predicted octanol–water partition coefficient (Wildman–Crippen LogP) is 2.67. The van der Waals surface area contributed by atoms with Crippen molar-refractivity contribution in [2.24, 2.45) is 0 Å². The van der Waals surface area contributed by atoms with Crippen LogP contribution in [0.2, 0.25) is 0 Å². The van der Waals surface area contributed by atoms with Gasteiger partial charge in [0.05, 0.1) is 18.4 Å². The van der Waals surface area contributed by atoms with Gasteiger partial charge >= 0.3 is 5.97 Å². The Hall–Kier alpha value is -2.37. The van der Waals surface area contributed by atoms with Gasteiger partial charge in [0, 0.05) is 13.0 Å². The topological polar surface area (TPSA) is 79.5 Å². The molecule has 1 atom stereocenters. The minimum absolute atomic E-state index is 0.0410. The molecule has 2 aromatic heterocycles. The molecule has 1 fully saturated rings. The van der Waals surface area contributed by atoms with E-state index in [1.807, 2.05) is 12.1 Å². The third kappa shape index (κ3) is 2.61. The molecule has 21 heavy (non-hydrogen) atoms. The number of carboxylic acids is 1. The number of hydrogen-bond acceptors (Lipinski definition) is 5. The van der Waals surface area contributed by atoms with Crippen LogP contribution in [0.15, 0.2) is 28.9 Å². The van der Waals surface area contributed by atoms with Crippen LogP contribution < -0.4 is 4.90 Å². The summed E-state index contributed by atoms with van der Waals surface area (Å²) in [6.07, 6.45) is 5.74. The summed E-state index contributed by atoms with van der Waals surface area (Å²) in [5.74, 6) is 1.54. The monoisotopic (exact) mass is 287 g/mol. The molecular weight excluding hydrogens is 270 g/mol. The lowest BCUT2D eigenvalue weighted by Gasteiger charge is -2.23. The molecule has 0 saturated carbocycles. The second-order valence-corrected chi connectivity index (χ2v) is 5.07. The van der Waals surface area contributed by atoms with E-state index in [4.69, 9.17) is 9.52 Å². The van der Waals surface area contributed by atoms with Crippen LogP contribution in [0.1, 0.15) is 47.8 Å². The van der Waals surface area contributed by atoms with Gasteiger partial charge in [0.15, 0.2) is 5.69 Å². The van der Waals surface area contributed by atoms with Crippen molar-refractivity contribution in [2.75, 3.05) is 11.4 Å². The van der Waals surface area contributed by atoms with Gasteiger partial charge in [-0.25, -0.2) is 14.8 Å². The van der Waals surface area contributed by atoms with Gasteiger partial charge in [0.1, 0.15) is 17.3 Å². The minimum Gasteiger partial charge on any atom is -0.476 e. The number of aryl methyl sites for hydroxylation is 1. The molecule has 3 rings (SSSR count). The van der Waals surface area contributed by atoms with Crippen LogP contribution in [0, 0.1) is 0 Å². The summed E-state index contributed by atoms with van der Waals surface area (Å²) >= 11 is 0. The van der Waals surface area contributed by atoms with E-state index in [0.717, 1.165) is 37.3 Å². The lowest BCUT2D eigenvalue weighted by Crippen LogP contribution is -2.23. The fourth-order valence-corrected chi connectivity index (χ4v) is 2.68. The Morgan fingerprint density at radius 3 is 2.90 bits per heavy atom. The summed E-state index contributed by atoms with van der Waals surface area (Å²) in [4.78, 5) is 21.1. The van der Waals surface area contributed by atoms with Gasteiger partial charge in [-0.05, 0) is 25.0 Å². The van der Waals surface area contributed by atoms with E-state index >= 15 is 0 Å². The molecule has 6 nitrogen and oxygen atoms in total. The maximum Gasteiger partial charge on any atom is 0.356 e. The maximum atomic E-state index is 10.8. The average Bonchev–Trinajstić information content (AvgIpc) is 3.15. The fraction of sp³-hybridized carbons (Fsp3) is 0.400. The normalized spacial score (nSPS) is 18.1. The second kappa shape index (κ2) is 5.55. The van der Waals surface area contributed by atoms with Gasteiger partial charge in [0.25, 0.3) is 0 Å². The van der Waals surface area contributed by atoms with E-state index in [0.29, 0.717) is 5.82 Å². The van der Waals surface area contributed by atoms with Crippen LogP contribution in [0.4, 0.5) is 5.82 Å². The number of carboxylic acid groups (broad SMARTS) is 1. The van der Waals surface area contributed by atoms with Gasteiger partial charge < -0.3 is 14.4 Å². The molecule has 0 aromatic carbocycles. The quantitative estimate of drug-likeness (QED) is 0.931. The van der Waals surface area contributed by atoms with E-state index in [1.165, 1.54) is 12.4 Å². The van der Waals surface area contributed by atoms with Gasteiger partial charge in [-0.15, -0.1) is 0 Å². The zero-order chi connectivity index (χ0) is 14.8. The smallest absolute Gasteiger partial charge is 0.356 e. The molecule has 0 radical (unpaired) electrons.